The van der Waals surface area contributed by atoms with Crippen molar-refractivity contribution in [3.8, 4) is 0 Å². The molecule has 0 fully saturated rings. The van der Waals surface area contributed by atoms with Gasteiger partial charge in [-0.15, -0.1) is 0 Å². The summed E-state index contributed by atoms with van der Waals surface area (Å²) in [6, 6.07) is -1.81. The van der Waals surface area contributed by atoms with E-state index in [0.29, 0.717) is 77.0 Å². The molecule has 0 saturated heterocycles. The molecule has 0 aromatic carbocycles. The van der Waals surface area contributed by atoms with Crippen LogP contribution < -0.4 is 21.3 Å². The zero-order valence-corrected chi connectivity index (χ0v) is 70.2. The molecule has 4 unspecified atom stereocenters. The van der Waals surface area contributed by atoms with Gasteiger partial charge in [0.25, 0.3) is 0 Å². The first-order valence-electron chi connectivity index (χ1n) is 42.8. The van der Waals surface area contributed by atoms with Gasteiger partial charge in [-0.05, 0) is 116 Å². The van der Waals surface area contributed by atoms with E-state index < -0.39 is 77.2 Å². The van der Waals surface area contributed by atoms with E-state index >= 15 is 0 Å². The van der Waals surface area contributed by atoms with Crippen molar-refractivity contribution in [2.24, 2.45) is 0 Å². The second-order valence-corrected chi connectivity index (χ2v) is 32.1. The van der Waals surface area contributed by atoms with Crippen LogP contribution in [0.3, 0.4) is 0 Å². The van der Waals surface area contributed by atoms with Crippen LogP contribution in [0.5, 0.6) is 0 Å². The van der Waals surface area contributed by atoms with Crippen molar-refractivity contribution in [3.63, 3.8) is 0 Å². The van der Waals surface area contributed by atoms with E-state index in [4.69, 9.17) is 37.0 Å². The average Bonchev–Trinajstić information content (AvgIpc) is 0.907. The van der Waals surface area contributed by atoms with Crippen molar-refractivity contribution >= 4 is 51.2 Å². The summed E-state index contributed by atoms with van der Waals surface area (Å²) >= 11 is 0. The minimum absolute atomic E-state index is 0.0915. The van der Waals surface area contributed by atoms with Crippen molar-refractivity contribution in [1.82, 2.24) is 21.3 Å². The zero-order chi connectivity index (χ0) is 79.7. The van der Waals surface area contributed by atoms with Crippen LogP contribution in [0.15, 0.2) is 24.3 Å². The highest BCUT2D eigenvalue weighted by Crippen LogP contribution is 2.44. The Balaban J connectivity index is 5.31. The number of ether oxygens (including phenoxy) is 4. The van der Waals surface area contributed by atoms with E-state index in [-0.39, 0.29) is 115 Å². The Morgan fingerprint density at radius 2 is 0.639 bits per heavy atom. The monoisotopic (exact) mass is 1580 g/mol. The molecule has 108 heavy (non-hydrogen) atoms. The molecule has 0 saturated carbocycles. The van der Waals surface area contributed by atoms with Crippen LogP contribution in [0, 0.1) is 0 Å². The molecule has 24 nitrogen and oxygen atoms in total. The summed E-state index contributed by atoms with van der Waals surface area (Å²) in [5.74, 6) is -2.25. The lowest BCUT2D eigenvalue weighted by atomic mass is 10.1. The van der Waals surface area contributed by atoms with Crippen molar-refractivity contribution in [1.29, 1.82) is 0 Å². The summed E-state index contributed by atoms with van der Waals surface area (Å²) in [6.07, 6.45) is 46.9. The number of hydrogen-bond acceptors (Lipinski definition) is 18. The Kier molecular flexibility index (Phi) is 72.2. The predicted octanol–water partition coefficient (Wildman–Crippen LogP) is 17.8. The average molecular weight is 1580 g/mol. The largest absolute Gasteiger partial charge is 0.472 e. The van der Waals surface area contributed by atoms with Crippen LogP contribution in [0.1, 0.15) is 363 Å². The van der Waals surface area contributed by atoms with Gasteiger partial charge in [0.1, 0.15) is 12.2 Å². The van der Waals surface area contributed by atoms with Gasteiger partial charge in [0.2, 0.25) is 23.6 Å². The van der Waals surface area contributed by atoms with Crippen LogP contribution in [0.4, 0.5) is 0 Å². The number of esters is 2. The van der Waals surface area contributed by atoms with Gasteiger partial charge in [0, 0.05) is 52.0 Å². The fraction of sp³-hybridized carbons (Fsp3) is 0.878. The van der Waals surface area contributed by atoms with Gasteiger partial charge in [0.15, 0.2) is 0 Å². The van der Waals surface area contributed by atoms with Crippen LogP contribution in [-0.2, 0) is 74.9 Å². The fourth-order valence-corrected chi connectivity index (χ4v) is 13.6. The lowest BCUT2D eigenvalue weighted by molar-refractivity contribution is -0.152. The van der Waals surface area contributed by atoms with E-state index in [9.17, 15) is 57.9 Å². The number of phosphoric acid groups is 2. The molecule has 0 aromatic heterocycles. The molecule has 0 aromatic rings. The molecule has 634 valence electrons. The van der Waals surface area contributed by atoms with Crippen molar-refractivity contribution in [3.05, 3.63) is 24.3 Å². The van der Waals surface area contributed by atoms with Crippen molar-refractivity contribution in [2.75, 3.05) is 65.9 Å². The molecule has 0 rings (SSSR count). The summed E-state index contributed by atoms with van der Waals surface area (Å²) in [5, 5.41) is 32.2. The van der Waals surface area contributed by atoms with E-state index in [1.54, 1.807) is 0 Å². The van der Waals surface area contributed by atoms with Gasteiger partial charge in [-0.3, -0.25) is 46.9 Å². The highest BCUT2D eigenvalue weighted by atomic mass is 31.2. The third kappa shape index (κ3) is 71.4. The zero-order valence-electron chi connectivity index (χ0n) is 68.4. The predicted molar refractivity (Wildman–Crippen MR) is 430 cm³/mol. The maximum Gasteiger partial charge on any atom is 0.472 e. The van der Waals surface area contributed by atoms with Gasteiger partial charge < -0.3 is 60.2 Å². The summed E-state index contributed by atoms with van der Waals surface area (Å²) < 4.78 is 70.7. The Bertz CT molecular complexity index is 2180. The Labute approximate surface area is 653 Å². The highest BCUT2D eigenvalue weighted by Gasteiger charge is 2.29. The van der Waals surface area contributed by atoms with Crippen LogP contribution in [0.25, 0.3) is 0 Å². The number of aliphatic hydroxyl groups is 2. The summed E-state index contributed by atoms with van der Waals surface area (Å²) in [6.45, 7) is 11.3. The molecule has 8 atom stereocenters. The second-order valence-electron chi connectivity index (χ2n) is 29.2. The molecule has 8 N–H and O–H groups in total. The molecular formula is C82H156N4O20P2. The Morgan fingerprint density at radius 3 is 0.981 bits per heavy atom. The van der Waals surface area contributed by atoms with Crippen LogP contribution in [-0.4, -0.2) is 158 Å². The number of hydrogen-bond donors (Lipinski definition) is 8. The summed E-state index contributed by atoms with van der Waals surface area (Å²) in [7, 11) is -9.38. The minimum atomic E-state index is -4.69. The molecule has 0 bridgehead atoms. The first-order chi connectivity index (χ1) is 52.2. The van der Waals surface area contributed by atoms with Gasteiger partial charge in [0.05, 0.1) is 76.8 Å². The quantitative estimate of drug-likeness (QED) is 0.0121. The number of amides is 4. The highest BCUT2D eigenvalue weighted by molar-refractivity contribution is 7.47. The molecule has 4 amide bonds. The number of rotatable bonds is 81. The van der Waals surface area contributed by atoms with Gasteiger partial charge in [-0.2, -0.15) is 0 Å². The maximum absolute atomic E-state index is 13.6. The molecule has 0 aliphatic heterocycles. The molecular weight excluding hydrogens is 1420 g/mol. The molecule has 0 aliphatic carbocycles. The molecule has 0 heterocycles. The van der Waals surface area contributed by atoms with Crippen LogP contribution >= 0.6 is 15.6 Å². The number of carbonyl (C=O) groups excluding carboxylic acids is 6. The number of aliphatic hydroxyl groups excluding tert-OH is 2. The first-order valence-corrected chi connectivity index (χ1v) is 45.8. The Morgan fingerprint density at radius 1 is 0.333 bits per heavy atom. The SMILES string of the molecule is CCCCCCC=CCCCC(=O)O[C@H](CCCCCCC)CC(=O)NC(COCC[C@H](O)CCCCCCC)COP(=O)(O)OCCNC(=O)CCCCCCC(=O)NCCOP(=O)(O)OCC(COCC[C@H](O)CCCCCCC)NC(=O)C[C@@H](CCCCCCC)OC(=O)CCCC=CCCCCCC. The standard InChI is InChI=1S/C82H156N4O20P2/c1-7-13-19-25-27-29-31-37-47-55-81(93)105-75(51-43-35-23-17-11-5)65-79(91)85-71(67-99-61-57-73(87)49-41-33-21-15-9-3)69-103-107(95,96)101-63-59-83-77(89)53-45-39-40-46-54-78(90)84-60-64-102-108(97,98)104-70-72(68-100-62-58-74(88)50-42-34-22-16-10-4)86-80(92)66-76(52-44-36-24-18-12-6)106-82(94)56-48-38-32-30-28-26-20-14-8-2/h29-32,71-76,87-88H,7-28,33-70H2,1-6H3,(H,83,89)(H,84,90)(H,85,91)(H,86,92)(H,95,96)(H,97,98)/t71?,72?,73-,74-,75-,76-/m1/s1. The number of nitrogens with one attached hydrogen (secondary N) is 4. The molecule has 0 spiro atoms. The minimum Gasteiger partial charge on any atom is -0.462 e. The normalized spacial score (nSPS) is 14.6. The number of unbranched alkanes of at least 4 members (excludes halogenated alkanes) is 29. The van der Waals surface area contributed by atoms with Crippen molar-refractivity contribution < 1.29 is 94.9 Å². The number of allylic oxidation sites excluding steroid dienone is 4. The lowest BCUT2D eigenvalue weighted by Crippen LogP contribution is -2.43. The van der Waals surface area contributed by atoms with E-state index in [1.165, 1.54) is 38.5 Å². The second kappa shape index (κ2) is 74.8. The van der Waals surface area contributed by atoms with Gasteiger partial charge in [-0.25, -0.2) is 9.13 Å². The fourth-order valence-electron chi connectivity index (χ4n) is 12.1. The molecule has 26 heteroatoms. The van der Waals surface area contributed by atoms with E-state index in [2.05, 4.69) is 87.1 Å². The van der Waals surface area contributed by atoms with E-state index in [0.717, 1.165) is 167 Å². The van der Waals surface area contributed by atoms with Gasteiger partial charge in [-0.1, -0.05) is 233 Å². The van der Waals surface area contributed by atoms with Gasteiger partial charge >= 0.3 is 27.6 Å². The molecule has 0 radical (unpaired) electrons. The Hall–Kier alpha value is -3.64. The lowest BCUT2D eigenvalue weighted by Gasteiger charge is -2.23. The summed E-state index contributed by atoms with van der Waals surface area (Å²) in [4.78, 5) is 100.0. The van der Waals surface area contributed by atoms with Crippen molar-refractivity contribution in [2.45, 2.75) is 399 Å². The maximum atomic E-state index is 13.6. The smallest absolute Gasteiger partial charge is 0.462 e. The van der Waals surface area contributed by atoms with E-state index in [1.807, 2.05) is 0 Å². The third-order valence-electron chi connectivity index (χ3n) is 18.6. The number of phosphoric ester groups is 2. The first kappa shape index (κ1) is 104. The summed E-state index contributed by atoms with van der Waals surface area (Å²) in [5.41, 5.74) is 0. The number of carbonyl (C=O) groups is 6. The van der Waals surface area contributed by atoms with Crippen LogP contribution in [0.2, 0.25) is 0 Å². The third-order valence-corrected chi connectivity index (χ3v) is 20.6. The topological polar surface area (TPSA) is 339 Å². The molecule has 0 aliphatic rings.